The van der Waals surface area contributed by atoms with Crippen molar-refractivity contribution >= 4 is 17.7 Å². The monoisotopic (exact) mass is 357 g/mol. The molecule has 0 aliphatic heterocycles. The lowest BCUT2D eigenvalue weighted by molar-refractivity contribution is -0.138. The van der Waals surface area contributed by atoms with Crippen LogP contribution in [0.2, 0.25) is 0 Å². The fraction of sp³-hybridized carbons (Fsp3) is 0.350. The van der Waals surface area contributed by atoms with Gasteiger partial charge in [0.25, 0.3) is 5.91 Å². The molecule has 0 saturated heterocycles. The van der Waals surface area contributed by atoms with E-state index in [-0.39, 0.29) is 18.0 Å². The van der Waals surface area contributed by atoms with Crippen molar-refractivity contribution in [1.82, 2.24) is 5.32 Å². The number of benzene rings is 1. The molecule has 2 N–H and O–H groups in total. The summed E-state index contributed by atoms with van der Waals surface area (Å²) in [5.74, 6) is -0.805. The molecule has 138 valence electrons. The lowest BCUT2D eigenvalue weighted by Crippen LogP contribution is -2.49. The fourth-order valence-corrected chi connectivity index (χ4v) is 2.80. The van der Waals surface area contributed by atoms with Gasteiger partial charge in [-0.15, -0.1) is 0 Å². The molecule has 0 aliphatic rings. The molecule has 0 radical (unpaired) electrons. The second-order valence-corrected chi connectivity index (χ2v) is 6.31. The first kappa shape index (κ1) is 19.4. The topological polar surface area (TPSA) is 96.6 Å². The molecule has 26 heavy (non-hydrogen) atoms. The van der Waals surface area contributed by atoms with Gasteiger partial charge in [0.1, 0.15) is 5.76 Å². The third kappa shape index (κ3) is 4.39. The number of ketones is 1. The number of hydrogen-bond donors (Lipinski definition) is 2. The number of Topliss-reactive ketones (excluding diaryl/α,β-unsaturated/α-hetero) is 1. The lowest BCUT2D eigenvalue weighted by atomic mass is 9.89. The molecule has 6 nitrogen and oxygen atoms in total. The van der Waals surface area contributed by atoms with E-state index in [1.54, 1.807) is 36.4 Å². The summed E-state index contributed by atoms with van der Waals surface area (Å²) in [6.07, 6.45) is 0.856. The highest BCUT2D eigenvalue weighted by atomic mass is 16.4. The first-order chi connectivity index (χ1) is 12.3. The van der Waals surface area contributed by atoms with Crippen LogP contribution in [0.3, 0.4) is 0 Å². The molecule has 0 saturated carbocycles. The van der Waals surface area contributed by atoms with Gasteiger partial charge in [-0.2, -0.15) is 0 Å². The Kier molecular flexibility index (Phi) is 5.97. The van der Waals surface area contributed by atoms with Crippen molar-refractivity contribution < 1.29 is 23.9 Å². The summed E-state index contributed by atoms with van der Waals surface area (Å²) in [6, 6.07) is 10.1. The van der Waals surface area contributed by atoms with Crippen LogP contribution in [0.5, 0.6) is 0 Å². The summed E-state index contributed by atoms with van der Waals surface area (Å²) in [7, 11) is 0. The molecule has 1 aromatic heterocycles. The number of rotatable bonds is 8. The Morgan fingerprint density at radius 2 is 1.65 bits per heavy atom. The van der Waals surface area contributed by atoms with E-state index >= 15 is 0 Å². The molecule has 1 aromatic carbocycles. The average Bonchev–Trinajstić information content (AvgIpc) is 3.11. The summed E-state index contributed by atoms with van der Waals surface area (Å²) in [6.45, 7) is 5.18. The number of amides is 1. The zero-order valence-corrected chi connectivity index (χ0v) is 15.2. The number of aliphatic carboxylic acids is 1. The predicted molar refractivity (Wildman–Crippen MR) is 97.2 cm³/mol. The second-order valence-electron chi connectivity index (χ2n) is 6.31. The molecular formula is C20H23NO5. The van der Waals surface area contributed by atoms with Crippen molar-refractivity contribution in [1.29, 1.82) is 0 Å². The zero-order chi connectivity index (χ0) is 19.3. The number of carboxylic acid groups (broad SMARTS) is 1. The molecule has 0 atom stereocenters. The van der Waals surface area contributed by atoms with Crippen molar-refractivity contribution in [2.24, 2.45) is 0 Å². The SMILES string of the molecule is CCC(CC)(CC(=O)O)NC(=O)c1ccc(-c2ccc(C(C)=O)cc2)o1. The highest BCUT2D eigenvalue weighted by Crippen LogP contribution is 2.25. The Balaban J connectivity index is 2.18. The third-order valence-electron chi connectivity index (χ3n) is 4.63. The zero-order valence-electron chi connectivity index (χ0n) is 15.2. The van der Waals surface area contributed by atoms with Crippen molar-refractivity contribution in [3.8, 4) is 11.3 Å². The Labute approximate surface area is 152 Å². The minimum Gasteiger partial charge on any atom is -0.481 e. The van der Waals surface area contributed by atoms with Crippen LogP contribution < -0.4 is 5.32 Å². The molecular weight excluding hydrogens is 334 g/mol. The van der Waals surface area contributed by atoms with Gasteiger partial charge in [-0.25, -0.2) is 0 Å². The third-order valence-corrected chi connectivity index (χ3v) is 4.63. The minimum atomic E-state index is -0.959. The number of furan rings is 1. The van der Waals surface area contributed by atoms with Gasteiger partial charge in [0.15, 0.2) is 11.5 Å². The largest absolute Gasteiger partial charge is 0.481 e. The number of carboxylic acids is 1. The fourth-order valence-electron chi connectivity index (χ4n) is 2.80. The smallest absolute Gasteiger partial charge is 0.305 e. The van der Waals surface area contributed by atoms with Crippen molar-refractivity contribution in [2.45, 2.75) is 45.6 Å². The first-order valence-corrected chi connectivity index (χ1v) is 8.55. The molecule has 2 aromatic rings. The van der Waals surface area contributed by atoms with Crippen LogP contribution in [0.1, 0.15) is 60.9 Å². The molecule has 0 bridgehead atoms. The quantitative estimate of drug-likeness (QED) is 0.698. The van der Waals surface area contributed by atoms with Crippen LogP contribution in [-0.2, 0) is 4.79 Å². The highest BCUT2D eigenvalue weighted by molar-refractivity contribution is 5.95. The standard InChI is InChI=1S/C20H23NO5/c1-4-20(5-2,12-18(23)24)21-19(25)17-11-10-16(26-17)15-8-6-14(7-9-15)13(3)22/h6-11H,4-5,12H2,1-3H3,(H,21,25)(H,23,24). The van der Waals surface area contributed by atoms with Crippen molar-refractivity contribution in [3.63, 3.8) is 0 Å². The summed E-state index contributed by atoms with van der Waals surface area (Å²) in [5, 5.41) is 11.9. The number of carbonyl (C=O) groups is 3. The molecule has 0 spiro atoms. The summed E-state index contributed by atoms with van der Waals surface area (Å²) in [4.78, 5) is 35.0. The first-order valence-electron chi connectivity index (χ1n) is 8.55. The summed E-state index contributed by atoms with van der Waals surface area (Å²) in [5.41, 5.74) is 0.540. The second kappa shape index (κ2) is 7.99. The minimum absolute atomic E-state index is 0.0232. The number of carbonyl (C=O) groups excluding carboxylic acids is 2. The number of nitrogens with one attached hydrogen (secondary N) is 1. The van der Waals surface area contributed by atoms with Crippen LogP contribution in [-0.4, -0.2) is 28.3 Å². The molecule has 1 amide bonds. The Bertz CT molecular complexity index is 800. The van der Waals surface area contributed by atoms with E-state index in [1.165, 1.54) is 6.92 Å². The highest BCUT2D eigenvalue weighted by Gasteiger charge is 2.32. The predicted octanol–water partition coefficient (Wildman–Crippen LogP) is 3.91. The van der Waals surface area contributed by atoms with E-state index in [1.807, 2.05) is 13.8 Å². The average molecular weight is 357 g/mol. The van der Waals surface area contributed by atoms with E-state index in [9.17, 15) is 14.4 Å². The van der Waals surface area contributed by atoms with Gasteiger partial charge < -0.3 is 14.8 Å². The Hall–Kier alpha value is -2.89. The van der Waals surface area contributed by atoms with Gasteiger partial charge in [0.05, 0.1) is 12.0 Å². The van der Waals surface area contributed by atoms with E-state index in [0.717, 1.165) is 5.56 Å². The number of hydrogen-bond acceptors (Lipinski definition) is 4. The summed E-state index contributed by atoms with van der Waals surface area (Å²) < 4.78 is 5.63. The van der Waals surface area contributed by atoms with E-state index in [2.05, 4.69) is 5.32 Å². The summed E-state index contributed by atoms with van der Waals surface area (Å²) >= 11 is 0. The van der Waals surface area contributed by atoms with Crippen molar-refractivity contribution in [2.75, 3.05) is 0 Å². The van der Waals surface area contributed by atoms with Gasteiger partial charge in [-0.3, -0.25) is 14.4 Å². The van der Waals surface area contributed by atoms with E-state index in [4.69, 9.17) is 9.52 Å². The van der Waals surface area contributed by atoms with Gasteiger partial charge in [0.2, 0.25) is 0 Å². The van der Waals surface area contributed by atoms with E-state index in [0.29, 0.717) is 24.2 Å². The molecule has 0 aliphatic carbocycles. The molecule has 1 heterocycles. The maximum absolute atomic E-state index is 12.5. The molecule has 0 unspecified atom stereocenters. The Morgan fingerprint density at radius 1 is 1.04 bits per heavy atom. The van der Waals surface area contributed by atoms with Gasteiger partial charge in [-0.05, 0) is 31.9 Å². The maximum Gasteiger partial charge on any atom is 0.305 e. The van der Waals surface area contributed by atoms with Crippen LogP contribution >= 0.6 is 0 Å². The molecule has 6 heteroatoms. The van der Waals surface area contributed by atoms with Gasteiger partial charge >= 0.3 is 5.97 Å². The lowest BCUT2D eigenvalue weighted by Gasteiger charge is -2.30. The van der Waals surface area contributed by atoms with E-state index < -0.39 is 17.4 Å². The van der Waals surface area contributed by atoms with Crippen LogP contribution in [0.25, 0.3) is 11.3 Å². The normalized spacial score (nSPS) is 11.2. The van der Waals surface area contributed by atoms with Crippen LogP contribution in [0, 0.1) is 0 Å². The Morgan fingerprint density at radius 3 is 2.15 bits per heavy atom. The maximum atomic E-state index is 12.5. The van der Waals surface area contributed by atoms with Crippen molar-refractivity contribution in [3.05, 3.63) is 47.7 Å². The van der Waals surface area contributed by atoms with Crippen LogP contribution in [0.15, 0.2) is 40.8 Å². The van der Waals surface area contributed by atoms with Gasteiger partial charge in [-0.1, -0.05) is 38.1 Å². The molecule has 0 fully saturated rings. The van der Waals surface area contributed by atoms with Crippen LogP contribution in [0.4, 0.5) is 0 Å². The molecule has 2 rings (SSSR count). The van der Waals surface area contributed by atoms with Gasteiger partial charge in [0, 0.05) is 11.1 Å².